The van der Waals surface area contributed by atoms with Crippen LogP contribution in [-0.2, 0) is 4.74 Å². The number of rotatable bonds is 1. The van der Waals surface area contributed by atoms with E-state index in [0.29, 0.717) is 22.4 Å². The van der Waals surface area contributed by atoms with E-state index in [1.54, 1.807) is 27.1 Å². The van der Waals surface area contributed by atoms with E-state index < -0.39 is 17.8 Å². The van der Waals surface area contributed by atoms with Gasteiger partial charge in [0.25, 0.3) is 5.91 Å². The SMILES string of the molecule is CN=C1CN(C)C(=O)c2ccc(F)cc2C(C)Oc2cc(cnc2N)C1C(=N)OC. The Hall–Kier alpha value is -3.49. The molecule has 0 saturated carbocycles. The maximum absolute atomic E-state index is 14.0. The van der Waals surface area contributed by atoms with Crippen LogP contribution in [0.1, 0.15) is 40.4 Å². The third-order valence-electron chi connectivity index (χ3n) is 5.07. The molecule has 1 aromatic carbocycles. The summed E-state index contributed by atoms with van der Waals surface area (Å²) in [6.07, 6.45) is 0.851. The summed E-state index contributed by atoms with van der Waals surface area (Å²) in [4.78, 5) is 23.1. The molecule has 8 nitrogen and oxygen atoms in total. The van der Waals surface area contributed by atoms with Crippen molar-refractivity contribution in [2.75, 3.05) is 33.5 Å². The second-order valence-corrected chi connectivity index (χ2v) is 7.02. The number of amides is 1. The van der Waals surface area contributed by atoms with Gasteiger partial charge in [0.2, 0.25) is 0 Å². The van der Waals surface area contributed by atoms with Crippen molar-refractivity contribution in [3.05, 3.63) is 53.0 Å². The molecule has 2 aromatic rings. The molecule has 1 aromatic heterocycles. The first-order valence-corrected chi connectivity index (χ1v) is 9.31. The van der Waals surface area contributed by atoms with Crippen molar-refractivity contribution in [1.29, 1.82) is 5.41 Å². The minimum Gasteiger partial charge on any atom is -0.484 e. The Morgan fingerprint density at radius 2 is 2.17 bits per heavy atom. The highest BCUT2D eigenvalue weighted by atomic mass is 19.1. The molecular formula is C21H24FN5O3. The highest BCUT2D eigenvalue weighted by Crippen LogP contribution is 2.32. The van der Waals surface area contributed by atoms with Gasteiger partial charge < -0.3 is 20.1 Å². The number of hydrogen-bond donors (Lipinski definition) is 2. The fourth-order valence-corrected chi connectivity index (χ4v) is 3.47. The molecule has 1 aliphatic rings. The van der Waals surface area contributed by atoms with E-state index in [1.807, 2.05) is 0 Å². The van der Waals surface area contributed by atoms with E-state index in [4.69, 9.17) is 20.6 Å². The second-order valence-electron chi connectivity index (χ2n) is 7.02. The predicted molar refractivity (Wildman–Crippen MR) is 112 cm³/mol. The number of pyridine rings is 1. The molecule has 2 heterocycles. The molecule has 0 spiro atoms. The number of carbonyl (C=O) groups excluding carboxylic acids is 1. The van der Waals surface area contributed by atoms with E-state index in [1.165, 1.54) is 36.4 Å². The standard InChI is InChI=1S/C21H24FN5O3/c1-11-15-8-13(22)5-6-14(15)21(28)27(3)10-16(25-2)18(20(24)29-4)12-7-17(30-11)19(23)26-9-12/h5-9,11,18,24H,10H2,1-4H3,(H2,23,26). The van der Waals surface area contributed by atoms with Gasteiger partial charge in [-0.3, -0.25) is 15.2 Å². The van der Waals surface area contributed by atoms with Crippen LogP contribution in [0.3, 0.4) is 0 Å². The lowest BCUT2D eigenvalue weighted by Crippen LogP contribution is -2.37. The van der Waals surface area contributed by atoms with Crippen molar-refractivity contribution in [1.82, 2.24) is 9.88 Å². The summed E-state index contributed by atoms with van der Waals surface area (Å²) in [6, 6.07) is 5.62. The van der Waals surface area contributed by atoms with E-state index in [9.17, 15) is 9.18 Å². The van der Waals surface area contributed by atoms with Crippen LogP contribution in [0.15, 0.2) is 35.5 Å². The van der Waals surface area contributed by atoms with Crippen LogP contribution in [-0.4, -0.2) is 55.2 Å². The van der Waals surface area contributed by atoms with Crippen LogP contribution >= 0.6 is 0 Å². The maximum atomic E-state index is 14.0. The number of nitrogens with zero attached hydrogens (tertiary/aromatic N) is 3. The van der Waals surface area contributed by atoms with E-state index in [0.717, 1.165) is 0 Å². The van der Waals surface area contributed by atoms with Gasteiger partial charge in [-0.2, -0.15) is 0 Å². The first-order valence-electron chi connectivity index (χ1n) is 9.31. The number of aromatic nitrogens is 1. The zero-order valence-electron chi connectivity index (χ0n) is 17.3. The highest BCUT2D eigenvalue weighted by Gasteiger charge is 2.30. The molecule has 2 unspecified atom stereocenters. The predicted octanol–water partition coefficient (Wildman–Crippen LogP) is 2.81. The zero-order valence-corrected chi connectivity index (χ0v) is 17.3. The van der Waals surface area contributed by atoms with Gasteiger partial charge in [-0.05, 0) is 36.8 Å². The van der Waals surface area contributed by atoms with Crippen molar-refractivity contribution in [2.45, 2.75) is 18.9 Å². The van der Waals surface area contributed by atoms with Crippen molar-refractivity contribution in [3.63, 3.8) is 0 Å². The van der Waals surface area contributed by atoms with Crippen LogP contribution in [0.4, 0.5) is 10.2 Å². The van der Waals surface area contributed by atoms with Gasteiger partial charge in [-0.25, -0.2) is 9.37 Å². The van der Waals surface area contributed by atoms with Crippen molar-refractivity contribution < 1.29 is 18.7 Å². The quantitative estimate of drug-likeness (QED) is 0.551. The van der Waals surface area contributed by atoms with Crippen LogP contribution in [0, 0.1) is 11.2 Å². The average molecular weight is 413 g/mol. The van der Waals surface area contributed by atoms with Gasteiger partial charge in [0.05, 0.1) is 13.7 Å². The Morgan fingerprint density at radius 1 is 1.43 bits per heavy atom. The summed E-state index contributed by atoms with van der Waals surface area (Å²) in [6.45, 7) is 1.84. The number of nitrogens with two attached hydrogens (primary N) is 1. The first kappa shape index (κ1) is 21.2. The van der Waals surface area contributed by atoms with Gasteiger partial charge in [0, 0.05) is 37.1 Å². The zero-order chi connectivity index (χ0) is 22.0. The molecule has 0 aliphatic carbocycles. The fourth-order valence-electron chi connectivity index (χ4n) is 3.47. The number of benzene rings is 1. The highest BCUT2D eigenvalue weighted by molar-refractivity contribution is 6.10. The number of aliphatic imine (C=N–C) groups is 1. The number of anilines is 1. The molecule has 0 fully saturated rings. The number of hydrogen-bond acceptors (Lipinski definition) is 7. The van der Waals surface area contributed by atoms with Gasteiger partial charge in [-0.1, -0.05) is 0 Å². The number of ether oxygens (including phenoxy) is 2. The molecule has 1 amide bonds. The first-order chi connectivity index (χ1) is 14.3. The molecule has 158 valence electrons. The molecule has 0 saturated heterocycles. The molecule has 3 N–H and O–H groups in total. The van der Waals surface area contributed by atoms with E-state index >= 15 is 0 Å². The Labute approximate surface area is 174 Å². The Kier molecular flexibility index (Phi) is 6.00. The number of carbonyl (C=O) groups is 1. The third kappa shape index (κ3) is 3.96. The fraction of sp³-hybridized carbons (Fsp3) is 0.333. The lowest BCUT2D eigenvalue weighted by molar-refractivity contribution is 0.0809. The molecule has 30 heavy (non-hydrogen) atoms. The molecule has 9 heteroatoms. The molecular weight excluding hydrogens is 389 g/mol. The summed E-state index contributed by atoms with van der Waals surface area (Å²) in [5.41, 5.74) is 7.81. The average Bonchev–Trinajstić information content (AvgIpc) is 2.73. The Balaban J connectivity index is 2.23. The molecule has 2 bridgehead atoms. The van der Waals surface area contributed by atoms with Gasteiger partial charge in [0.1, 0.15) is 17.8 Å². The van der Waals surface area contributed by atoms with Crippen LogP contribution in [0.5, 0.6) is 5.75 Å². The Morgan fingerprint density at radius 3 is 2.83 bits per heavy atom. The summed E-state index contributed by atoms with van der Waals surface area (Å²) in [5.74, 6) is -1.12. The molecule has 3 rings (SSSR count). The number of methoxy groups -OCH3 is 1. The lowest BCUT2D eigenvalue weighted by atomic mass is 9.93. The van der Waals surface area contributed by atoms with Crippen LogP contribution in [0.2, 0.25) is 0 Å². The minimum absolute atomic E-state index is 0.0541. The number of fused-ring (bicyclic) bond motifs is 3. The monoisotopic (exact) mass is 413 g/mol. The topological polar surface area (TPSA) is 114 Å². The largest absolute Gasteiger partial charge is 0.484 e. The smallest absolute Gasteiger partial charge is 0.254 e. The van der Waals surface area contributed by atoms with Crippen molar-refractivity contribution >= 4 is 23.3 Å². The Bertz CT molecular complexity index is 1020. The van der Waals surface area contributed by atoms with Crippen LogP contribution in [0.25, 0.3) is 0 Å². The summed E-state index contributed by atoms with van der Waals surface area (Å²) >= 11 is 0. The van der Waals surface area contributed by atoms with E-state index in [2.05, 4.69) is 9.98 Å². The normalized spacial score (nSPS) is 20.6. The number of nitrogens with one attached hydrogen (secondary N) is 1. The summed E-state index contributed by atoms with van der Waals surface area (Å²) < 4.78 is 25.1. The van der Waals surface area contributed by atoms with Gasteiger partial charge in [0.15, 0.2) is 17.5 Å². The second kappa shape index (κ2) is 8.48. The number of nitrogen functional groups attached to an aromatic ring is 1. The minimum atomic E-state index is -0.675. The van der Waals surface area contributed by atoms with Crippen LogP contribution < -0.4 is 10.5 Å². The van der Waals surface area contributed by atoms with Gasteiger partial charge >= 0.3 is 0 Å². The number of halogens is 1. The van der Waals surface area contributed by atoms with Gasteiger partial charge in [-0.15, -0.1) is 0 Å². The van der Waals surface area contributed by atoms with Crippen molar-refractivity contribution in [2.24, 2.45) is 4.99 Å². The molecule has 1 aliphatic heterocycles. The summed E-state index contributed by atoms with van der Waals surface area (Å²) in [5, 5.41) is 8.29. The lowest BCUT2D eigenvalue weighted by Gasteiger charge is -2.27. The van der Waals surface area contributed by atoms with E-state index in [-0.39, 0.29) is 29.9 Å². The maximum Gasteiger partial charge on any atom is 0.254 e. The van der Waals surface area contributed by atoms with Crippen molar-refractivity contribution in [3.8, 4) is 5.75 Å². The molecule has 0 radical (unpaired) electrons. The third-order valence-corrected chi connectivity index (χ3v) is 5.07. The molecule has 2 atom stereocenters. The summed E-state index contributed by atoms with van der Waals surface area (Å²) in [7, 11) is 4.61.